The van der Waals surface area contributed by atoms with E-state index in [2.05, 4.69) is 0 Å². The van der Waals surface area contributed by atoms with E-state index in [0.717, 1.165) is 4.88 Å². The van der Waals surface area contributed by atoms with Gasteiger partial charge in [0.05, 0.1) is 24.7 Å². The van der Waals surface area contributed by atoms with Crippen molar-refractivity contribution in [2.75, 3.05) is 13.2 Å². The number of hydrogen-bond donors (Lipinski definition) is 0. The number of thiophene rings is 1. The van der Waals surface area contributed by atoms with E-state index in [1.165, 1.54) is 11.3 Å². The summed E-state index contributed by atoms with van der Waals surface area (Å²) in [6.07, 6.45) is 1.61. The number of carbonyl (C=O) groups excluding carboxylic acids is 2. The Balaban J connectivity index is 2.39. The summed E-state index contributed by atoms with van der Waals surface area (Å²) in [4.78, 5) is 25.1. The first-order valence-corrected chi connectivity index (χ1v) is 7.94. The molecule has 0 radical (unpaired) electrons. The molecular weight excluding hydrogens is 304 g/mol. The molecule has 1 aliphatic rings. The lowest BCUT2D eigenvalue weighted by Crippen LogP contribution is -2.22. The highest BCUT2D eigenvalue weighted by Gasteiger charge is 2.33. The van der Waals surface area contributed by atoms with Crippen LogP contribution in [0, 0.1) is 0 Å². The molecule has 0 aliphatic carbocycles. The molecule has 118 valence electrons. The van der Waals surface area contributed by atoms with E-state index in [1.807, 2.05) is 17.5 Å². The van der Waals surface area contributed by atoms with Gasteiger partial charge in [-0.2, -0.15) is 0 Å². The topological polar surface area (TPSA) is 61.8 Å². The zero-order chi connectivity index (χ0) is 16.1. The maximum Gasteiger partial charge on any atom is 0.373 e. The normalized spacial score (nSPS) is 17.6. The number of rotatable bonds is 5. The number of hydrogen-bond acceptors (Lipinski definition) is 6. The van der Waals surface area contributed by atoms with E-state index < -0.39 is 11.9 Å². The molecule has 1 aliphatic heterocycles. The average Bonchev–Trinajstić information content (AvgIpc) is 3.00. The second kappa shape index (κ2) is 7.26. The van der Waals surface area contributed by atoms with Crippen LogP contribution in [0.1, 0.15) is 31.6 Å². The van der Waals surface area contributed by atoms with Gasteiger partial charge in [-0.15, -0.1) is 11.3 Å². The number of carbonyl (C=O) groups is 2. The molecule has 2 rings (SSSR count). The Bertz CT molecular complexity index is 612. The average molecular weight is 322 g/mol. The standard InChI is InChI=1S/C16H18O5S/c1-4-19-15(17)12-9-11(13-7-6-8-22-13)14(10(3)21-12)16(18)20-5-2/h6-9,11H,4-5H2,1-3H3. The van der Waals surface area contributed by atoms with Gasteiger partial charge in [0, 0.05) is 4.88 Å². The molecular formula is C16H18O5S. The third-order valence-corrected chi connectivity index (χ3v) is 4.05. The van der Waals surface area contributed by atoms with Gasteiger partial charge in [-0.3, -0.25) is 0 Å². The van der Waals surface area contributed by atoms with Crippen molar-refractivity contribution in [3.05, 3.63) is 45.6 Å². The molecule has 0 spiro atoms. The Morgan fingerprint density at radius 2 is 1.91 bits per heavy atom. The second-order valence-corrected chi connectivity index (χ2v) is 5.52. The maximum atomic E-state index is 12.2. The number of esters is 2. The second-order valence-electron chi connectivity index (χ2n) is 4.54. The molecule has 6 heteroatoms. The lowest BCUT2D eigenvalue weighted by molar-refractivity contribution is -0.143. The van der Waals surface area contributed by atoms with Crippen LogP contribution in [0.2, 0.25) is 0 Å². The van der Waals surface area contributed by atoms with Crippen LogP contribution in [0.5, 0.6) is 0 Å². The summed E-state index contributed by atoms with van der Waals surface area (Å²) >= 11 is 1.50. The number of ether oxygens (including phenoxy) is 3. The van der Waals surface area contributed by atoms with Crippen LogP contribution in [-0.2, 0) is 23.8 Å². The summed E-state index contributed by atoms with van der Waals surface area (Å²) < 4.78 is 15.6. The van der Waals surface area contributed by atoms with Crippen molar-refractivity contribution in [3.8, 4) is 0 Å². The SMILES string of the molecule is CCOC(=O)C1=CC(c2cccs2)C(C(=O)OCC)=C(C)O1. The Morgan fingerprint density at radius 1 is 1.23 bits per heavy atom. The van der Waals surface area contributed by atoms with Crippen LogP contribution in [0.4, 0.5) is 0 Å². The summed E-state index contributed by atoms with van der Waals surface area (Å²) in [5.74, 6) is -0.871. The fourth-order valence-corrected chi connectivity index (χ4v) is 3.00. The zero-order valence-electron chi connectivity index (χ0n) is 12.8. The predicted octanol–water partition coefficient (Wildman–Crippen LogP) is 3.15. The van der Waals surface area contributed by atoms with Crippen LogP contribution < -0.4 is 0 Å². The van der Waals surface area contributed by atoms with Gasteiger partial charge >= 0.3 is 11.9 Å². The molecule has 0 fully saturated rings. The van der Waals surface area contributed by atoms with Gasteiger partial charge in [-0.05, 0) is 38.3 Å². The van der Waals surface area contributed by atoms with Crippen molar-refractivity contribution < 1.29 is 23.8 Å². The highest BCUT2D eigenvalue weighted by Crippen LogP contribution is 2.37. The monoisotopic (exact) mass is 322 g/mol. The Morgan fingerprint density at radius 3 is 2.50 bits per heavy atom. The highest BCUT2D eigenvalue weighted by molar-refractivity contribution is 7.10. The molecule has 1 unspecified atom stereocenters. The fourth-order valence-electron chi connectivity index (χ4n) is 2.19. The molecule has 0 saturated carbocycles. The Labute approximate surface area is 133 Å². The van der Waals surface area contributed by atoms with Crippen LogP contribution >= 0.6 is 11.3 Å². The quantitative estimate of drug-likeness (QED) is 0.779. The van der Waals surface area contributed by atoms with E-state index in [4.69, 9.17) is 14.2 Å². The van der Waals surface area contributed by atoms with E-state index in [9.17, 15) is 9.59 Å². The van der Waals surface area contributed by atoms with Crippen molar-refractivity contribution in [2.45, 2.75) is 26.7 Å². The lowest BCUT2D eigenvalue weighted by Gasteiger charge is -2.24. The largest absolute Gasteiger partial charge is 0.463 e. The molecule has 5 nitrogen and oxygen atoms in total. The van der Waals surface area contributed by atoms with Crippen LogP contribution in [0.15, 0.2) is 40.7 Å². The third-order valence-electron chi connectivity index (χ3n) is 3.09. The minimum atomic E-state index is -0.536. The smallest absolute Gasteiger partial charge is 0.373 e. The Kier molecular flexibility index (Phi) is 5.38. The minimum Gasteiger partial charge on any atom is -0.463 e. The zero-order valence-corrected chi connectivity index (χ0v) is 13.6. The molecule has 1 atom stereocenters. The van der Waals surface area contributed by atoms with Gasteiger partial charge in [-0.25, -0.2) is 9.59 Å². The lowest BCUT2D eigenvalue weighted by atomic mass is 9.93. The Hall–Kier alpha value is -2.08. The van der Waals surface area contributed by atoms with Crippen molar-refractivity contribution in [1.29, 1.82) is 0 Å². The molecule has 22 heavy (non-hydrogen) atoms. The van der Waals surface area contributed by atoms with Gasteiger partial charge in [-0.1, -0.05) is 6.07 Å². The summed E-state index contributed by atoms with van der Waals surface area (Å²) in [6, 6.07) is 3.80. The molecule has 1 aromatic rings. The van der Waals surface area contributed by atoms with Gasteiger partial charge in [0.2, 0.25) is 5.76 Å². The van der Waals surface area contributed by atoms with Gasteiger partial charge < -0.3 is 14.2 Å². The predicted molar refractivity (Wildman–Crippen MR) is 82.2 cm³/mol. The molecule has 0 N–H and O–H groups in total. The first-order valence-electron chi connectivity index (χ1n) is 7.06. The van der Waals surface area contributed by atoms with Gasteiger partial charge in [0.1, 0.15) is 5.76 Å². The van der Waals surface area contributed by atoms with Gasteiger partial charge in [0.15, 0.2) is 0 Å². The molecule has 2 heterocycles. The third kappa shape index (κ3) is 3.39. The van der Waals surface area contributed by atoms with Gasteiger partial charge in [0.25, 0.3) is 0 Å². The van der Waals surface area contributed by atoms with E-state index >= 15 is 0 Å². The van der Waals surface area contributed by atoms with Crippen molar-refractivity contribution in [1.82, 2.24) is 0 Å². The molecule has 0 saturated heterocycles. The van der Waals surface area contributed by atoms with Crippen LogP contribution in [0.3, 0.4) is 0 Å². The summed E-state index contributed by atoms with van der Waals surface area (Å²) in [7, 11) is 0. The van der Waals surface area contributed by atoms with Crippen LogP contribution in [0.25, 0.3) is 0 Å². The highest BCUT2D eigenvalue weighted by atomic mass is 32.1. The van der Waals surface area contributed by atoms with E-state index in [0.29, 0.717) is 11.3 Å². The summed E-state index contributed by atoms with van der Waals surface area (Å²) in [5, 5.41) is 1.92. The van der Waals surface area contributed by atoms with Crippen molar-refractivity contribution >= 4 is 23.3 Å². The van der Waals surface area contributed by atoms with E-state index in [1.54, 1.807) is 26.8 Å². The molecule has 0 amide bonds. The summed E-state index contributed by atoms with van der Waals surface area (Å²) in [5.41, 5.74) is 0.414. The minimum absolute atomic E-state index is 0.103. The first kappa shape index (κ1) is 16.3. The molecule has 0 aromatic carbocycles. The van der Waals surface area contributed by atoms with Crippen molar-refractivity contribution in [2.24, 2.45) is 0 Å². The van der Waals surface area contributed by atoms with Crippen molar-refractivity contribution in [3.63, 3.8) is 0 Å². The summed E-state index contributed by atoms with van der Waals surface area (Å²) in [6.45, 7) is 5.67. The molecule has 0 bridgehead atoms. The van der Waals surface area contributed by atoms with Crippen LogP contribution in [-0.4, -0.2) is 25.2 Å². The first-order chi connectivity index (χ1) is 10.6. The number of allylic oxidation sites excluding steroid dienone is 2. The fraction of sp³-hybridized carbons (Fsp3) is 0.375. The van der Waals surface area contributed by atoms with E-state index in [-0.39, 0.29) is 24.9 Å². The molecule has 1 aromatic heterocycles. The maximum absolute atomic E-state index is 12.2.